The third-order valence-electron chi connectivity index (χ3n) is 5.04. The van der Waals surface area contributed by atoms with Crippen LogP contribution in [0.3, 0.4) is 0 Å². The minimum atomic E-state index is -0.709. The number of hydrogen-bond donors (Lipinski definition) is 2. The van der Waals surface area contributed by atoms with Crippen LogP contribution in [0.1, 0.15) is 43.4 Å². The van der Waals surface area contributed by atoms with Crippen molar-refractivity contribution in [2.75, 3.05) is 13.2 Å². The van der Waals surface area contributed by atoms with Crippen LogP contribution in [0.25, 0.3) is 0 Å². The van der Waals surface area contributed by atoms with Gasteiger partial charge in [-0.3, -0.25) is 4.79 Å². The van der Waals surface area contributed by atoms with Crippen LogP contribution in [0.2, 0.25) is 0 Å². The van der Waals surface area contributed by atoms with E-state index in [0.717, 1.165) is 11.1 Å². The molecule has 2 amide bonds. The van der Waals surface area contributed by atoms with Crippen molar-refractivity contribution in [1.29, 1.82) is 0 Å². The Morgan fingerprint density at radius 2 is 1.61 bits per heavy atom. The van der Waals surface area contributed by atoms with Gasteiger partial charge in [0.1, 0.15) is 6.61 Å². The summed E-state index contributed by atoms with van der Waals surface area (Å²) in [7, 11) is 0. The number of urea groups is 1. The van der Waals surface area contributed by atoms with Crippen molar-refractivity contribution < 1.29 is 23.9 Å². The number of rotatable bonds is 8. The molecule has 1 heterocycles. The summed E-state index contributed by atoms with van der Waals surface area (Å²) in [6.45, 7) is 3.54. The van der Waals surface area contributed by atoms with Gasteiger partial charge < -0.3 is 20.1 Å². The molecule has 3 rings (SSSR count). The molecule has 1 aliphatic rings. The van der Waals surface area contributed by atoms with Crippen molar-refractivity contribution >= 4 is 18.0 Å². The zero-order valence-corrected chi connectivity index (χ0v) is 17.6. The van der Waals surface area contributed by atoms with E-state index >= 15 is 0 Å². The Bertz CT molecular complexity index is 956. The van der Waals surface area contributed by atoms with E-state index in [1.54, 1.807) is 6.92 Å². The van der Waals surface area contributed by atoms with Gasteiger partial charge in [-0.1, -0.05) is 67.6 Å². The molecule has 0 aliphatic carbocycles. The highest BCUT2D eigenvalue weighted by molar-refractivity contribution is 5.95. The molecule has 0 saturated carbocycles. The van der Waals surface area contributed by atoms with Crippen molar-refractivity contribution in [1.82, 2.24) is 10.6 Å². The van der Waals surface area contributed by atoms with Gasteiger partial charge in [0, 0.05) is 0 Å². The van der Waals surface area contributed by atoms with Crippen LogP contribution in [0.5, 0.6) is 0 Å². The lowest BCUT2D eigenvalue weighted by Crippen LogP contribution is -2.47. The number of amides is 2. The number of nitrogens with one attached hydrogen (secondary N) is 2. The second-order valence-electron chi connectivity index (χ2n) is 7.03. The molecule has 0 radical (unpaired) electrons. The third-order valence-corrected chi connectivity index (χ3v) is 5.04. The van der Waals surface area contributed by atoms with Crippen molar-refractivity contribution in [3.8, 4) is 0 Å². The molecule has 7 nitrogen and oxygen atoms in total. The molecule has 0 unspecified atom stereocenters. The van der Waals surface area contributed by atoms with Gasteiger partial charge in [-0.05, 0) is 24.5 Å². The van der Waals surface area contributed by atoms with E-state index in [-0.39, 0.29) is 24.5 Å². The van der Waals surface area contributed by atoms with Crippen LogP contribution < -0.4 is 10.6 Å². The largest absolute Gasteiger partial charge is 0.463 e. The quantitative estimate of drug-likeness (QED) is 0.634. The zero-order chi connectivity index (χ0) is 22.2. The lowest BCUT2D eigenvalue weighted by molar-refractivity contribution is -0.145. The van der Waals surface area contributed by atoms with E-state index < -0.39 is 29.9 Å². The molecule has 2 aromatic carbocycles. The summed E-state index contributed by atoms with van der Waals surface area (Å²) in [6, 6.07) is 17.3. The summed E-state index contributed by atoms with van der Waals surface area (Å²) in [6.07, 6.45) is 0.563. The molecule has 0 bridgehead atoms. The molecule has 162 valence electrons. The summed E-state index contributed by atoms with van der Waals surface area (Å²) in [5.41, 5.74) is 2.01. The minimum Gasteiger partial charge on any atom is -0.463 e. The topological polar surface area (TPSA) is 93.7 Å². The second-order valence-corrected chi connectivity index (χ2v) is 7.03. The lowest BCUT2D eigenvalue weighted by atomic mass is 9.95. The normalized spacial score (nSPS) is 16.7. The van der Waals surface area contributed by atoms with Crippen LogP contribution in [-0.2, 0) is 19.1 Å². The Morgan fingerprint density at radius 1 is 0.968 bits per heavy atom. The lowest BCUT2D eigenvalue weighted by Gasteiger charge is -2.29. The number of benzene rings is 2. The summed E-state index contributed by atoms with van der Waals surface area (Å²) in [4.78, 5) is 37.8. The fourth-order valence-electron chi connectivity index (χ4n) is 3.54. The van der Waals surface area contributed by atoms with Crippen molar-refractivity contribution in [2.24, 2.45) is 0 Å². The van der Waals surface area contributed by atoms with Gasteiger partial charge in [0.25, 0.3) is 0 Å². The Balaban J connectivity index is 1.88. The Labute approximate surface area is 181 Å². The molecule has 0 spiro atoms. The monoisotopic (exact) mass is 422 g/mol. The first-order chi connectivity index (χ1) is 15.0. The molecule has 0 saturated heterocycles. The SMILES string of the molecule is CCOC(=O)C1=C(COC(=O)[C@@H](CC)c2ccccc2)NC(=O)N[C@H]1c1ccccc1. The predicted octanol–water partition coefficient (Wildman–Crippen LogP) is 3.59. The van der Waals surface area contributed by atoms with Crippen LogP contribution in [0.15, 0.2) is 71.9 Å². The van der Waals surface area contributed by atoms with E-state index in [1.807, 2.05) is 67.6 Å². The highest BCUT2D eigenvalue weighted by atomic mass is 16.5. The van der Waals surface area contributed by atoms with Crippen molar-refractivity contribution in [3.63, 3.8) is 0 Å². The van der Waals surface area contributed by atoms with Gasteiger partial charge in [0.2, 0.25) is 0 Å². The number of ether oxygens (including phenoxy) is 2. The van der Waals surface area contributed by atoms with Gasteiger partial charge >= 0.3 is 18.0 Å². The first-order valence-corrected chi connectivity index (χ1v) is 10.3. The Kier molecular flexibility index (Phi) is 7.43. The van der Waals surface area contributed by atoms with Gasteiger partial charge in [0.05, 0.1) is 29.8 Å². The van der Waals surface area contributed by atoms with Gasteiger partial charge in [-0.25, -0.2) is 9.59 Å². The maximum absolute atomic E-state index is 12.8. The fourth-order valence-corrected chi connectivity index (χ4v) is 3.54. The number of esters is 2. The smallest absolute Gasteiger partial charge is 0.338 e. The zero-order valence-electron chi connectivity index (χ0n) is 17.6. The minimum absolute atomic E-state index is 0.177. The Morgan fingerprint density at radius 3 is 2.23 bits per heavy atom. The summed E-state index contributed by atoms with van der Waals surface area (Å²) in [5, 5.41) is 5.36. The fraction of sp³-hybridized carbons (Fsp3) is 0.292. The molecule has 7 heteroatoms. The molecule has 31 heavy (non-hydrogen) atoms. The molecule has 1 aliphatic heterocycles. The highest BCUT2D eigenvalue weighted by Crippen LogP contribution is 2.28. The summed E-state index contributed by atoms with van der Waals surface area (Å²) < 4.78 is 10.7. The molecule has 2 atom stereocenters. The highest BCUT2D eigenvalue weighted by Gasteiger charge is 2.34. The van der Waals surface area contributed by atoms with Crippen LogP contribution >= 0.6 is 0 Å². The number of hydrogen-bond acceptors (Lipinski definition) is 5. The van der Waals surface area contributed by atoms with Gasteiger partial charge in [-0.15, -0.1) is 0 Å². The first kappa shape index (κ1) is 22.1. The maximum Gasteiger partial charge on any atom is 0.338 e. The van der Waals surface area contributed by atoms with E-state index in [4.69, 9.17) is 9.47 Å². The molecular formula is C24H26N2O5. The number of carbonyl (C=O) groups is 3. The van der Waals surface area contributed by atoms with E-state index in [9.17, 15) is 14.4 Å². The predicted molar refractivity (Wildman–Crippen MR) is 115 cm³/mol. The van der Waals surface area contributed by atoms with Crippen LogP contribution in [0.4, 0.5) is 4.79 Å². The standard InChI is InChI=1S/C24H26N2O5/c1-3-18(16-11-7-5-8-12-16)22(27)31-15-19-20(23(28)30-4-2)21(26-24(29)25-19)17-13-9-6-10-14-17/h5-14,18,21H,3-4,15H2,1-2H3,(H2,25,26,29)/t18-,21-/m0/s1. The van der Waals surface area contributed by atoms with Crippen molar-refractivity contribution in [2.45, 2.75) is 32.2 Å². The average molecular weight is 422 g/mol. The molecule has 0 fully saturated rings. The molecule has 2 N–H and O–H groups in total. The van der Waals surface area contributed by atoms with Crippen LogP contribution in [0, 0.1) is 0 Å². The number of carbonyl (C=O) groups excluding carboxylic acids is 3. The molecule has 0 aromatic heterocycles. The summed E-state index contributed by atoms with van der Waals surface area (Å²) >= 11 is 0. The van der Waals surface area contributed by atoms with Gasteiger partial charge in [0.15, 0.2) is 0 Å². The summed E-state index contributed by atoms with van der Waals surface area (Å²) in [5.74, 6) is -1.44. The van der Waals surface area contributed by atoms with E-state index in [2.05, 4.69) is 10.6 Å². The van der Waals surface area contributed by atoms with E-state index in [1.165, 1.54) is 0 Å². The van der Waals surface area contributed by atoms with Gasteiger partial charge in [-0.2, -0.15) is 0 Å². The third kappa shape index (κ3) is 5.31. The van der Waals surface area contributed by atoms with Crippen molar-refractivity contribution in [3.05, 3.63) is 83.1 Å². The van der Waals surface area contributed by atoms with Crippen LogP contribution in [-0.4, -0.2) is 31.2 Å². The average Bonchev–Trinajstić information content (AvgIpc) is 2.79. The maximum atomic E-state index is 12.8. The molecule has 2 aromatic rings. The second kappa shape index (κ2) is 10.4. The molecular weight excluding hydrogens is 396 g/mol. The van der Waals surface area contributed by atoms with E-state index in [0.29, 0.717) is 6.42 Å². The first-order valence-electron chi connectivity index (χ1n) is 10.3. The Hall–Kier alpha value is -3.61.